The van der Waals surface area contributed by atoms with E-state index in [-0.39, 0.29) is 5.92 Å². The number of Topliss-reactive ketones (excluding diaryl/α,β-unsaturated/α-hetero) is 1. The van der Waals surface area contributed by atoms with Crippen LogP contribution in [0, 0.1) is 5.92 Å². The summed E-state index contributed by atoms with van der Waals surface area (Å²) in [5.41, 5.74) is 0. The van der Waals surface area contributed by atoms with E-state index in [1.54, 1.807) is 0 Å². The lowest BCUT2D eigenvalue weighted by Gasteiger charge is -2.24. The molecule has 1 aromatic rings. The van der Waals surface area contributed by atoms with Crippen LogP contribution in [0.5, 0.6) is 0 Å². The molecule has 2 rings (SSSR count). The number of nitrogens with zero attached hydrogens (tertiary/aromatic N) is 2. The summed E-state index contributed by atoms with van der Waals surface area (Å²) in [6.45, 7) is 8.59. The van der Waals surface area contributed by atoms with Crippen LogP contribution < -0.4 is 5.32 Å². The average molecular weight is 331 g/mol. The molecule has 0 amide bonds. The zero-order valence-corrected chi connectivity index (χ0v) is 13.7. The van der Waals surface area contributed by atoms with Gasteiger partial charge in [0.2, 0.25) is 0 Å². The van der Waals surface area contributed by atoms with Gasteiger partial charge in [0, 0.05) is 11.7 Å². The van der Waals surface area contributed by atoms with E-state index in [2.05, 4.69) is 40.7 Å². The summed E-state index contributed by atoms with van der Waals surface area (Å²) >= 11 is 3.57. The molecule has 1 saturated heterocycles. The van der Waals surface area contributed by atoms with Gasteiger partial charge in [-0.05, 0) is 15.9 Å². The van der Waals surface area contributed by atoms with E-state index in [4.69, 9.17) is 4.74 Å². The molecule has 6 heteroatoms. The highest BCUT2D eigenvalue weighted by atomic mass is 79.9. The van der Waals surface area contributed by atoms with Crippen LogP contribution in [-0.2, 0) is 16.1 Å². The van der Waals surface area contributed by atoms with Gasteiger partial charge in [0.25, 0.3) is 0 Å². The van der Waals surface area contributed by atoms with Crippen LogP contribution >= 0.6 is 15.9 Å². The third-order valence-corrected chi connectivity index (χ3v) is 6.06. The fourth-order valence-corrected chi connectivity index (χ4v) is 6.09. The Morgan fingerprint density at radius 3 is 2.89 bits per heavy atom. The minimum atomic E-state index is -1.48. The number of halogens is 1. The third-order valence-electron chi connectivity index (χ3n) is 3.17. The molecule has 0 bridgehead atoms. The number of carbonyl (C=O) groups is 1. The normalized spacial score (nSPS) is 21.3. The quantitative estimate of drug-likeness (QED) is 0.794. The molecule has 1 atom stereocenters. The molecule has 1 aliphatic rings. The van der Waals surface area contributed by atoms with Crippen molar-refractivity contribution in [1.29, 1.82) is 0 Å². The first-order valence-electron chi connectivity index (χ1n) is 6.22. The molecule has 18 heavy (non-hydrogen) atoms. The van der Waals surface area contributed by atoms with E-state index >= 15 is 0 Å². The summed E-state index contributed by atoms with van der Waals surface area (Å²) in [7, 11) is -1.48. The minimum absolute atomic E-state index is 0.0411. The van der Waals surface area contributed by atoms with Crippen molar-refractivity contribution in [3.05, 3.63) is 10.7 Å². The largest absolute Gasteiger partial charge is 0.380 e. The Morgan fingerprint density at radius 1 is 1.56 bits per heavy atom. The molecule has 2 heterocycles. The van der Waals surface area contributed by atoms with Gasteiger partial charge in [-0.25, -0.2) is 0 Å². The van der Waals surface area contributed by atoms with E-state index in [1.165, 1.54) is 5.32 Å². The molecule has 1 aromatic heterocycles. The molecular formula is C12H19BrN2O2Si. The summed E-state index contributed by atoms with van der Waals surface area (Å²) < 4.78 is 8.45. The maximum absolute atomic E-state index is 11.8. The van der Waals surface area contributed by atoms with Gasteiger partial charge in [-0.3, -0.25) is 9.48 Å². The zero-order valence-electron chi connectivity index (χ0n) is 11.1. The van der Waals surface area contributed by atoms with Crippen LogP contribution in [0.15, 0.2) is 10.7 Å². The molecule has 0 aromatic carbocycles. The van der Waals surface area contributed by atoms with Crippen LogP contribution in [0.4, 0.5) is 0 Å². The van der Waals surface area contributed by atoms with Gasteiger partial charge in [0.15, 0.2) is 0 Å². The van der Waals surface area contributed by atoms with E-state index < -0.39 is 8.07 Å². The Labute approximate surface area is 117 Å². The lowest BCUT2D eigenvalue weighted by molar-refractivity contribution is -0.131. The number of hydrogen-bond donors (Lipinski definition) is 0. The van der Waals surface area contributed by atoms with Crippen molar-refractivity contribution in [3.63, 3.8) is 0 Å². The van der Waals surface area contributed by atoms with Gasteiger partial charge in [-0.1, -0.05) is 19.6 Å². The smallest absolute Gasteiger partial charge is 0.142 e. The highest BCUT2D eigenvalue weighted by molar-refractivity contribution is 9.10. The van der Waals surface area contributed by atoms with Crippen LogP contribution in [0.3, 0.4) is 0 Å². The molecule has 0 aliphatic carbocycles. The number of aromatic nitrogens is 2. The van der Waals surface area contributed by atoms with E-state index in [9.17, 15) is 4.79 Å². The molecule has 1 fully saturated rings. The highest BCUT2D eigenvalue weighted by Gasteiger charge is 2.29. The maximum atomic E-state index is 11.8. The van der Waals surface area contributed by atoms with Gasteiger partial charge in [0.1, 0.15) is 13.9 Å². The lowest BCUT2D eigenvalue weighted by atomic mass is 10.0. The Hall–Kier alpha value is -0.463. The summed E-state index contributed by atoms with van der Waals surface area (Å²) in [5.74, 6) is 0.259. The molecule has 1 aliphatic heterocycles. The molecule has 0 spiro atoms. The molecule has 1 unspecified atom stereocenters. The molecule has 4 nitrogen and oxygen atoms in total. The Morgan fingerprint density at radius 2 is 2.28 bits per heavy atom. The van der Waals surface area contributed by atoms with E-state index in [0.29, 0.717) is 32.0 Å². The Bertz CT molecular complexity index is 453. The van der Waals surface area contributed by atoms with Crippen molar-refractivity contribution in [2.75, 3.05) is 13.2 Å². The average Bonchev–Trinajstić information content (AvgIpc) is 2.62. The van der Waals surface area contributed by atoms with Gasteiger partial charge in [0.05, 0.1) is 36.3 Å². The van der Waals surface area contributed by atoms with Crippen LogP contribution in [-0.4, -0.2) is 36.9 Å². The van der Waals surface area contributed by atoms with Crippen molar-refractivity contribution in [2.45, 2.75) is 32.6 Å². The first kappa shape index (κ1) is 14.0. The SMILES string of the molecule is C[Si](C)(C)c1c(Br)cnn1CC1COCCC1=O. The monoisotopic (exact) mass is 330 g/mol. The van der Waals surface area contributed by atoms with Crippen molar-refractivity contribution < 1.29 is 9.53 Å². The lowest BCUT2D eigenvalue weighted by Crippen LogP contribution is -2.46. The first-order valence-corrected chi connectivity index (χ1v) is 10.5. The zero-order chi connectivity index (χ0) is 13.3. The van der Waals surface area contributed by atoms with Crippen molar-refractivity contribution in [2.24, 2.45) is 5.92 Å². The molecule has 0 radical (unpaired) electrons. The molecule has 100 valence electrons. The number of hydrogen-bond acceptors (Lipinski definition) is 3. The van der Waals surface area contributed by atoms with E-state index in [1.807, 2.05) is 10.9 Å². The Kier molecular flexibility index (Phi) is 4.08. The number of ether oxygens (including phenoxy) is 1. The highest BCUT2D eigenvalue weighted by Crippen LogP contribution is 2.16. The molecule has 0 N–H and O–H groups in total. The summed E-state index contributed by atoms with van der Waals surface area (Å²) in [5, 5.41) is 5.67. The third kappa shape index (κ3) is 2.92. The van der Waals surface area contributed by atoms with Gasteiger partial charge < -0.3 is 4.74 Å². The predicted molar refractivity (Wildman–Crippen MR) is 76.8 cm³/mol. The van der Waals surface area contributed by atoms with Crippen LogP contribution in [0.2, 0.25) is 19.6 Å². The second kappa shape index (κ2) is 5.26. The Balaban J connectivity index is 2.21. The van der Waals surface area contributed by atoms with Crippen molar-refractivity contribution in [3.8, 4) is 0 Å². The van der Waals surface area contributed by atoms with Gasteiger partial charge >= 0.3 is 0 Å². The maximum Gasteiger partial charge on any atom is 0.142 e. The number of carbonyl (C=O) groups excluding carboxylic acids is 1. The van der Waals surface area contributed by atoms with Crippen molar-refractivity contribution in [1.82, 2.24) is 9.78 Å². The molecule has 0 saturated carbocycles. The molecular weight excluding hydrogens is 312 g/mol. The van der Waals surface area contributed by atoms with Crippen molar-refractivity contribution >= 4 is 35.1 Å². The fraction of sp³-hybridized carbons (Fsp3) is 0.667. The van der Waals surface area contributed by atoms with Crippen LogP contribution in [0.1, 0.15) is 6.42 Å². The summed E-state index contributed by atoms with van der Waals surface area (Å²) in [6, 6.07) is 0. The number of ketones is 1. The van der Waals surface area contributed by atoms with Gasteiger partial charge in [-0.15, -0.1) is 0 Å². The van der Waals surface area contributed by atoms with Gasteiger partial charge in [-0.2, -0.15) is 5.10 Å². The summed E-state index contributed by atoms with van der Waals surface area (Å²) in [4.78, 5) is 11.8. The van der Waals surface area contributed by atoms with E-state index in [0.717, 1.165) is 4.47 Å². The van der Waals surface area contributed by atoms with Crippen LogP contribution in [0.25, 0.3) is 0 Å². The topological polar surface area (TPSA) is 44.1 Å². The fourth-order valence-electron chi connectivity index (χ4n) is 2.31. The minimum Gasteiger partial charge on any atom is -0.380 e. The predicted octanol–water partition coefficient (Wildman–Crippen LogP) is 1.80. The second-order valence-corrected chi connectivity index (χ2v) is 11.6. The summed E-state index contributed by atoms with van der Waals surface area (Å²) in [6.07, 6.45) is 2.37. The first-order chi connectivity index (χ1) is 8.39. The number of rotatable bonds is 3. The standard InChI is InChI=1S/C12H19BrN2O2Si/c1-18(2,3)12-10(13)6-14-15(12)7-9-8-17-5-4-11(9)16/h6,9H,4-5,7-8H2,1-3H3. The second-order valence-electron chi connectivity index (χ2n) is 5.76.